The van der Waals surface area contributed by atoms with Crippen LogP contribution in [0.2, 0.25) is 0 Å². The number of hydrogen-bond acceptors (Lipinski definition) is 3. The van der Waals surface area contributed by atoms with Gasteiger partial charge >= 0.3 is 0 Å². The van der Waals surface area contributed by atoms with E-state index in [1.807, 2.05) is 7.05 Å². The van der Waals surface area contributed by atoms with E-state index in [-0.39, 0.29) is 0 Å². The minimum atomic E-state index is 0.376. The highest BCUT2D eigenvalue weighted by Crippen LogP contribution is 2.17. The maximum Gasteiger partial charge on any atom is 0.164 e. The second kappa shape index (κ2) is 4.45. The van der Waals surface area contributed by atoms with Crippen molar-refractivity contribution in [2.24, 2.45) is 12.8 Å². The molecular formula is C12H16N4. The molecule has 0 amide bonds. The summed E-state index contributed by atoms with van der Waals surface area (Å²) in [5.74, 6) is 1.54. The van der Waals surface area contributed by atoms with Crippen molar-refractivity contribution in [3.8, 4) is 11.4 Å². The molecule has 0 fully saturated rings. The zero-order valence-corrected chi connectivity index (χ0v) is 9.64. The van der Waals surface area contributed by atoms with Crippen LogP contribution in [-0.2, 0) is 20.0 Å². The molecule has 2 N–H and O–H groups in total. The molecular weight excluding hydrogens is 200 g/mol. The first kappa shape index (κ1) is 10.8. The van der Waals surface area contributed by atoms with Crippen molar-refractivity contribution in [3.63, 3.8) is 0 Å². The SMILES string of the molecule is CCc1ccc(-c2nc(CN)nn2C)cc1. The smallest absolute Gasteiger partial charge is 0.164 e. The number of hydrogen-bond donors (Lipinski definition) is 1. The van der Waals surface area contributed by atoms with Crippen LogP contribution < -0.4 is 5.73 Å². The van der Waals surface area contributed by atoms with Crippen molar-refractivity contribution < 1.29 is 0 Å². The fourth-order valence-electron chi connectivity index (χ4n) is 1.66. The Balaban J connectivity index is 2.38. The quantitative estimate of drug-likeness (QED) is 0.846. The van der Waals surface area contributed by atoms with Gasteiger partial charge in [0.1, 0.15) is 0 Å². The highest BCUT2D eigenvalue weighted by atomic mass is 15.3. The molecule has 2 aromatic rings. The fourth-order valence-corrected chi connectivity index (χ4v) is 1.66. The summed E-state index contributed by atoms with van der Waals surface area (Å²) in [6, 6.07) is 8.38. The zero-order chi connectivity index (χ0) is 11.5. The van der Waals surface area contributed by atoms with Crippen LogP contribution in [0.3, 0.4) is 0 Å². The molecule has 0 spiro atoms. The van der Waals surface area contributed by atoms with Gasteiger partial charge in [0.2, 0.25) is 0 Å². The van der Waals surface area contributed by atoms with E-state index >= 15 is 0 Å². The van der Waals surface area contributed by atoms with Crippen LogP contribution in [0.1, 0.15) is 18.3 Å². The minimum Gasteiger partial charge on any atom is -0.324 e. The molecule has 84 valence electrons. The summed E-state index contributed by atoms with van der Waals surface area (Å²) in [7, 11) is 1.88. The van der Waals surface area contributed by atoms with Crippen LogP contribution in [0, 0.1) is 0 Å². The molecule has 2 rings (SSSR count). The Morgan fingerprint density at radius 2 is 1.94 bits per heavy atom. The van der Waals surface area contributed by atoms with Gasteiger partial charge in [0, 0.05) is 12.6 Å². The summed E-state index contributed by atoms with van der Waals surface area (Å²) < 4.78 is 1.77. The van der Waals surface area contributed by atoms with Gasteiger partial charge in [0.15, 0.2) is 11.6 Å². The first-order valence-corrected chi connectivity index (χ1v) is 5.44. The third-order valence-corrected chi connectivity index (χ3v) is 2.61. The van der Waals surface area contributed by atoms with Gasteiger partial charge in [0.05, 0.1) is 6.54 Å². The first-order valence-electron chi connectivity index (χ1n) is 5.44. The standard InChI is InChI=1S/C12H16N4/c1-3-9-4-6-10(7-5-9)12-14-11(8-13)15-16(12)2/h4-7H,3,8,13H2,1-2H3. The fraction of sp³-hybridized carbons (Fsp3) is 0.333. The van der Waals surface area contributed by atoms with Gasteiger partial charge < -0.3 is 5.73 Å². The number of nitrogens with zero attached hydrogens (tertiary/aromatic N) is 3. The average Bonchev–Trinajstić information content (AvgIpc) is 2.71. The van der Waals surface area contributed by atoms with E-state index in [0.717, 1.165) is 17.8 Å². The maximum absolute atomic E-state index is 5.52. The van der Waals surface area contributed by atoms with Gasteiger partial charge in [-0.15, -0.1) is 0 Å². The number of benzene rings is 1. The Labute approximate surface area is 95.1 Å². The van der Waals surface area contributed by atoms with Crippen molar-refractivity contribution in [1.82, 2.24) is 14.8 Å². The van der Waals surface area contributed by atoms with E-state index in [9.17, 15) is 0 Å². The van der Waals surface area contributed by atoms with E-state index in [1.165, 1.54) is 5.56 Å². The highest BCUT2D eigenvalue weighted by molar-refractivity contribution is 5.55. The van der Waals surface area contributed by atoms with Gasteiger partial charge in [-0.3, -0.25) is 0 Å². The average molecular weight is 216 g/mol. The Morgan fingerprint density at radius 1 is 1.25 bits per heavy atom. The van der Waals surface area contributed by atoms with E-state index < -0.39 is 0 Å². The summed E-state index contributed by atoms with van der Waals surface area (Å²) in [6.45, 7) is 2.52. The molecule has 0 unspecified atom stereocenters. The highest BCUT2D eigenvalue weighted by Gasteiger charge is 2.07. The van der Waals surface area contributed by atoms with E-state index in [0.29, 0.717) is 12.4 Å². The molecule has 0 aliphatic rings. The predicted molar refractivity (Wildman–Crippen MR) is 63.7 cm³/mol. The number of aromatic nitrogens is 3. The molecule has 4 heteroatoms. The maximum atomic E-state index is 5.52. The van der Waals surface area contributed by atoms with Crippen LogP contribution in [-0.4, -0.2) is 14.8 Å². The van der Waals surface area contributed by atoms with Gasteiger partial charge in [-0.2, -0.15) is 5.10 Å². The summed E-state index contributed by atoms with van der Waals surface area (Å²) >= 11 is 0. The predicted octanol–water partition coefficient (Wildman–Crippen LogP) is 1.50. The van der Waals surface area contributed by atoms with Crippen molar-refractivity contribution in [2.45, 2.75) is 19.9 Å². The molecule has 0 atom stereocenters. The molecule has 1 aromatic heterocycles. The largest absolute Gasteiger partial charge is 0.324 e. The van der Waals surface area contributed by atoms with Crippen molar-refractivity contribution >= 4 is 0 Å². The van der Waals surface area contributed by atoms with Crippen LogP contribution in [0.4, 0.5) is 0 Å². The van der Waals surface area contributed by atoms with Crippen molar-refractivity contribution in [3.05, 3.63) is 35.7 Å². The summed E-state index contributed by atoms with van der Waals surface area (Å²) in [6.07, 6.45) is 1.05. The Morgan fingerprint density at radius 3 is 2.44 bits per heavy atom. The number of nitrogens with two attached hydrogens (primary N) is 1. The summed E-state index contributed by atoms with van der Waals surface area (Å²) in [4.78, 5) is 4.38. The topological polar surface area (TPSA) is 56.7 Å². The summed E-state index contributed by atoms with van der Waals surface area (Å²) in [5, 5.41) is 4.23. The lowest BCUT2D eigenvalue weighted by molar-refractivity contribution is 0.749. The number of rotatable bonds is 3. The molecule has 0 radical (unpaired) electrons. The molecule has 0 saturated heterocycles. The molecule has 16 heavy (non-hydrogen) atoms. The number of aryl methyl sites for hydroxylation is 2. The van der Waals surface area contributed by atoms with E-state index in [4.69, 9.17) is 5.73 Å². The summed E-state index contributed by atoms with van der Waals surface area (Å²) in [5.41, 5.74) is 7.92. The lowest BCUT2D eigenvalue weighted by Gasteiger charge is -2.01. The van der Waals surface area contributed by atoms with Gasteiger partial charge in [0.25, 0.3) is 0 Å². The van der Waals surface area contributed by atoms with Crippen LogP contribution in [0.25, 0.3) is 11.4 Å². The Hall–Kier alpha value is -1.68. The van der Waals surface area contributed by atoms with Gasteiger partial charge in [-0.05, 0) is 12.0 Å². The lowest BCUT2D eigenvalue weighted by Crippen LogP contribution is -1.99. The third kappa shape index (κ3) is 1.97. The molecule has 1 heterocycles. The van der Waals surface area contributed by atoms with Gasteiger partial charge in [-0.1, -0.05) is 31.2 Å². The van der Waals surface area contributed by atoms with Crippen LogP contribution in [0.5, 0.6) is 0 Å². The third-order valence-electron chi connectivity index (χ3n) is 2.61. The second-order valence-electron chi connectivity index (χ2n) is 3.73. The van der Waals surface area contributed by atoms with Gasteiger partial charge in [-0.25, -0.2) is 9.67 Å². The molecule has 0 saturated carbocycles. The molecule has 1 aromatic carbocycles. The van der Waals surface area contributed by atoms with Crippen LogP contribution in [0.15, 0.2) is 24.3 Å². The van der Waals surface area contributed by atoms with Crippen molar-refractivity contribution in [2.75, 3.05) is 0 Å². The zero-order valence-electron chi connectivity index (χ0n) is 9.64. The molecule has 0 aliphatic carbocycles. The van der Waals surface area contributed by atoms with Crippen molar-refractivity contribution in [1.29, 1.82) is 0 Å². The molecule has 0 aliphatic heterocycles. The van der Waals surface area contributed by atoms with E-state index in [2.05, 4.69) is 41.3 Å². The second-order valence-corrected chi connectivity index (χ2v) is 3.73. The monoisotopic (exact) mass is 216 g/mol. The lowest BCUT2D eigenvalue weighted by atomic mass is 10.1. The Bertz CT molecular complexity index is 470. The first-order chi connectivity index (χ1) is 7.74. The van der Waals surface area contributed by atoms with E-state index in [1.54, 1.807) is 4.68 Å². The normalized spacial score (nSPS) is 10.7. The van der Waals surface area contributed by atoms with Crippen LogP contribution >= 0.6 is 0 Å². The Kier molecular flexibility index (Phi) is 3.01. The molecule has 0 bridgehead atoms. The minimum absolute atomic E-state index is 0.376. The molecule has 4 nitrogen and oxygen atoms in total.